The molecule has 27 heavy (non-hydrogen) atoms. The van der Waals surface area contributed by atoms with E-state index in [0.29, 0.717) is 0 Å². The molecule has 0 atom stereocenters. The maximum Gasteiger partial charge on any atom is 0.0321 e. The van der Waals surface area contributed by atoms with Crippen LogP contribution in [-0.2, 0) is 5.41 Å². The van der Waals surface area contributed by atoms with Crippen LogP contribution in [0, 0.1) is 15.9 Å². The zero-order chi connectivity index (χ0) is 19.2. The van der Waals surface area contributed by atoms with Crippen LogP contribution in [0.3, 0.4) is 0 Å². The van der Waals surface area contributed by atoms with Gasteiger partial charge in [-0.25, -0.2) is 0 Å². The van der Waals surface area contributed by atoms with Crippen molar-refractivity contribution in [2.75, 3.05) is 0 Å². The van der Waals surface area contributed by atoms with Gasteiger partial charge in [-0.1, -0.05) is 62.3 Å². The molecule has 4 rings (SSSR count). The number of hydrogen-bond acceptors (Lipinski definition) is 0. The Morgan fingerprint density at radius 3 is 2.33 bits per heavy atom. The van der Waals surface area contributed by atoms with Gasteiger partial charge in [-0.3, -0.25) is 0 Å². The molecule has 3 aromatic carbocycles. The normalized spacial score (nSPS) is 14.0. The van der Waals surface area contributed by atoms with Crippen LogP contribution in [0.25, 0.3) is 28.3 Å². The highest BCUT2D eigenvalue weighted by Gasteiger charge is 2.35. The molecule has 0 saturated heterocycles. The molecular formula is C26H21I. The maximum absolute atomic E-state index is 5.75. The summed E-state index contributed by atoms with van der Waals surface area (Å²) in [6.45, 7) is 6.67. The first-order valence-electron chi connectivity index (χ1n) is 9.15. The van der Waals surface area contributed by atoms with Gasteiger partial charge in [0.25, 0.3) is 0 Å². The first-order chi connectivity index (χ1) is 13.0. The molecule has 0 spiro atoms. The van der Waals surface area contributed by atoms with Gasteiger partial charge in [0.2, 0.25) is 0 Å². The van der Waals surface area contributed by atoms with E-state index >= 15 is 0 Å². The lowest BCUT2D eigenvalue weighted by molar-refractivity contribution is 0.660. The topological polar surface area (TPSA) is 0 Å². The zero-order valence-corrected chi connectivity index (χ0v) is 18.0. The quantitative estimate of drug-likeness (QED) is 0.279. The predicted octanol–water partition coefficient (Wildman–Crippen LogP) is 7.28. The third kappa shape index (κ3) is 2.84. The standard InChI is InChI=1S/C26H21I/c1-5-8-20-17(6-2)9-7-10-21(20)18-11-13-22-23-14-12-19(27)16-25(23)26(3,4)24(22)15-18/h2,5,7-16H,1,3-4H3/b8-5-. The van der Waals surface area contributed by atoms with Crippen molar-refractivity contribution in [2.45, 2.75) is 26.2 Å². The molecule has 3 aromatic rings. The molecule has 0 nitrogen and oxygen atoms in total. The van der Waals surface area contributed by atoms with Gasteiger partial charge < -0.3 is 0 Å². The summed E-state index contributed by atoms with van der Waals surface area (Å²) in [6.07, 6.45) is 9.91. The molecule has 0 aliphatic heterocycles. The number of benzene rings is 3. The Balaban J connectivity index is 1.94. The van der Waals surface area contributed by atoms with Gasteiger partial charge >= 0.3 is 0 Å². The lowest BCUT2D eigenvalue weighted by Gasteiger charge is -2.22. The lowest BCUT2D eigenvalue weighted by Crippen LogP contribution is -2.15. The summed E-state index contributed by atoms with van der Waals surface area (Å²) in [5.74, 6) is 2.83. The van der Waals surface area contributed by atoms with E-state index in [2.05, 4.69) is 97.0 Å². The molecule has 132 valence electrons. The van der Waals surface area contributed by atoms with Crippen LogP contribution in [0.2, 0.25) is 0 Å². The molecule has 1 aliphatic carbocycles. The number of terminal acetylenes is 1. The minimum Gasteiger partial charge on any atom is -0.115 e. The summed E-state index contributed by atoms with van der Waals surface area (Å²) in [5.41, 5.74) is 9.94. The molecule has 0 fully saturated rings. The Labute approximate surface area is 175 Å². The van der Waals surface area contributed by atoms with Crippen LogP contribution in [-0.4, -0.2) is 0 Å². The molecule has 0 bridgehead atoms. The van der Waals surface area contributed by atoms with E-state index in [1.807, 2.05) is 19.1 Å². The molecule has 0 aromatic heterocycles. The molecular weight excluding hydrogens is 439 g/mol. The highest BCUT2D eigenvalue weighted by Crippen LogP contribution is 2.50. The Kier molecular flexibility index (Phi) is 4.48. The zero-order valence-electron chi connectivity index (χ0n) is 15.8. The van der Waals surface area contributed by atoms with Crippen molar-refractivity contribution in [3.8, 4) is 34.6 Å². The van der Waals surface area contributed by atoms with E-state index in [-0.39, 0.29) is 5.41 Å². The summed E-state index contributed by atoms with van der Waals surface area (Å²) in [7, 11) is 0. The van der Waals surface area contributed by atoms with Gasteiger partial charge in [0.1, 0.15) is 0 Å². The van der Waals surface area contributed by atoms with Crippen LogP contribution in [0.1, 0.15) is 43.0 Å². The van der Waals surface area contributed by atoms with Crippen molar-refractivity contribution in [2.24, 2.45) is 0 Å². The fourth-order valence-corrected chi connectivity index (χ4v) is 4.66. The van der Waals surface area contributed by atoms with Crippen molar-refractivity contribution in [1.82, 2.24) is 0 Å². The monoisotopic (exact) mass is 460 g/mol. The average Bonchev–Trinajstić information content (AvgIpc) is 2.89. The van der Waals surface area contributed by atoms with Gasteiger partial charge in [0.15, 0.2) is 0 Å². The molecule has 0 amide bonds. The molecule has 1 heteroatoms. The van der Waals surface area contributed by atoms with E-state index in [1.54, 1.807) is 0 Å². The minimum atomic E-state index is -0.00759. The van der Waals surface area contributed by atoms with Crippen molar-refractivity contribution < 1.29 is 0 Å². The predicted molar refractivity (Wildman–Crippen MR) is 125 cm³/mol. The van der Waals surface area contributed by atoms with Crippen molar-refractivity contribution in [3.63, 3.8) is 0 Å². The van der Waals surface area contributed by atoms with Gasteiger partial charge in [-0.2, -0.15) is 0 Å². The number of fused-ring (bicyclic) bond motifs is 3. The second-order valence-electron chi connectivity index (χ2n) is 7.49. The molecule has 0 saturated carbocycles. The van der Waals surface area contributed by atoms with E-state index in [1.165, 1.54) is 37.0 Å². The fraction of sp³-hybridized carbons (Fsp3) is 0.154. The van der Waals surface area contributed by atoms with Crippen molar-refractivity contribution in [3.05, 3.63) is 86.5 Å². The van der Waals surface area contributed by atoms with E-state index < -0.39 is 0 Å². The van der Waals surface area contributed by atoms with Gasteiger partial charge in [0, 0.05) is 14.5 Å². The SMILES string of the molecule is C#Cc1cccc(-c2ccc3c(c2)C(C)(C)c2cc(I)ccc2-3)c1/C=C\C. The van der Waals surface area contributed by atoms with Crippen LogP contribution in [0.4, 0.5) is 0 Å². The summed E-state index contributed by atoms with van der Waals surface area (Å²) < 4.78 is 1.28. The second-order valence-corrected chi connectivity index (χ2v) is 8.73. The summed E-state index contributed by atoms with van der Waals surface area (Å²) in [5, 5.41) is 0. The van der Waals surface area contributed by atoms with E-state index in [4.69, 9.17) is 6.42 Å². The molecule has 0 heterocycles. The Bertz CT molecular complexity index is 1120. The lowest BCUT2D eigenvalue weighted by atomic mass is 9.81. The molecule has 0 N–H and O–H groups in total. The first-order valence-corrected chi connectivity index (χ1v) is 10.2. The Hall–Kier alpha value is -2.31. The molecule has 0 radical (unpaired) electrons. The molecule has 1 aliphatic rings. The number of allylic oxidation sites excluding steroid dienone is 1. The van der Waals surface area contributed by atoms with Crippen LogP contribution >= 0.6 is 22.6 Å². The second kappa shape index (κ2) is 6.69. The smallest absolute Gasteiger partial charge is 0.0321 e. The summed E-state index contributed by atoms with van der Waals surface area (Å²) in [4.78, 5) is 0. The number of halogens is 1. The highest BCUT2D eigenvalue weighted by atomic mass is 127. The van der Waals surface area contributed by atoms with Gasteiger partial charge in [-0.15, -0.1) is 6.42 Å². The Morgan fingerprint density at radius 1 is 0.926 bits per heavy atom. The van der Waals surface area contributed by atoms with Gasteiger partial charge in [-0.05, 0) is 92.7 Å². The summed E-state index contributed by atoms with van der Waals surface area (Å²) >= 11 is 2.40. The minimum absolute atomic E-state index is 0.00759. The first kappa shape index (κ1) is 18.1. The summed E-state index contributed by atoms with van der Waals surface area (Å²) in [6, 6.07) is 19.8. The van der Waals surface area contributed by atoms with Crippen LogP contribution in [0.15, 0.2) is 60.7 Å². The highest BCUT2D eigenvalue weighted by molar-refractivity contribution is 14.1. The van der Waals surface area contributed by atoms with Gasteiger partial charge in [0.05, 0.1) is 0 Å². The average molecular weight is 460 g/mol. The van der Waals surface area contributed by atoms with Crippen LogP contribution in [0.5, 0.6) is 0 Å². The Morgan fingerprint density at radius 2 is 1.63 bits per heavy atom. The number of hydrogen-bond donors (Lipinski definition) is 0. The molecule has 0 unspecified atom stereocenters. The van der Waals surface area contributed by atoms with Crippen LogP contribution < -0.4 is 0 Å². The third-order valence-corrected chi connectivity index (χ3v) is 6.21. The van der Waals surface area contributed by atoms with E-state index in [9.17, 15) is 0 Å². The largest absolute Gasteiger partial charge is 0.115 e. The fourth-order valence-electron chi connectivity index (χ4n) is 4.17. The van der Waals surface area contributed by atoms with E-state index in [0.717, 1.165) is 11.1 Å². The van der Waals surface area contributed by atoms with Crippen molar-refractivity contribution >= 4 is 28.7 Å². The maximum atomic E-state index is 5.75. The number of rotatable bonds is 2. The van der Waals surface area contributed by atoms with Crippen molar-refractivity contribution in [1.29, 1.82) is 0 Å². The third-order valence-electron chi connectivity index (χ3n) is 5.54.